The number of aromatic nitrogens is 3. The molecule has 21 heavy (non-hydrogen) atoms. The van der Waals surface area contributed by atoms with Gasteiger partial charge in [0.1, 0.15) is 12.2 Å². The number of rotatable bonds is 7. The Morgan fingerprint density at radius 2 is 2.38 bits per heavy atom. The molecule has 2 rings (SSSR count). The number of carboxylic acids is 1. The zero-order valence-electron chi connectivity index (χ0n) is 12.8. The second-order valence-electron chi connectivity index (χ2n) is 5.63. The van der Waals surface area contributed by atoms with E-state index in [1.165, 1.54) is 0 Å². The molecular formula is C14H24N4O3. The molecular weight excluding hydrogens is 272 g/mol. The van der Waals surface area contributed by atoms with Gasteiger partial charge in [0.05, 0.1) is 12.0 Å². The van der Waals surface area contributed by atoms with Crippen LogP contribution in [0.25, 0.3) is 0 Å². The summed E-state index contributed by atoms with van der Waals surface area (Å²) >= 11 is 0. The van der Waals surface area contributed by atoms with Gasteiger partial charge in [-0.2, -0.15) is 5.10 Å². The van der Waals surface area contributed by atoms with E-state index < -0.39 is 11.4 Å². The fourth-order valence-electron chi connectivity index (χ4n) is 3.02. The predicted octanol–water partition coefficient (Wildman–Crippen LogP) is 1.00. The van der Waals surface area contributed by atoms with E-state index in [1.807, 2.05) is 11.6 Å². The van der Waals surface area contributed by atoms with Crippen molar-refractivity contribution in [3.8, 4) is 0 Å². The van der Waals surface area contributed by atoms with Gasteiger partial charge in [0.25, 0.3) is 0 Å². The molecule has 0 aliphatic carbocycles. The van der Waals surface area contributed by atoms with Crippen LogP contribution in [0.4, 0.5) is 0 Å². The van der Waals surface area contributed by atoms with E-state index in [2.05, 4.69) is 15.0 Å². The molecule has 0 spiro atoms. The minimum Gasteiger partial charge on any atom is -0.481 e. The second-order valence-corrected chi connectivity index (χ2v) is 5.63. The monoisotopic (exact) mass is 296 g/mol. The number of carbonyl (C=O) groups is 1. The van der Waals surface area contributed by atoms with Crippen LogP contribution in [-0.4, -0.2) is 57.5 Å². The summed E-state index contributed by atoms with van der Waals surface area (Å²) in [4.78, 5) is 18.2. The third-order valence-electron chi connectivity index (χ3n) is 4.25. The van der Waals surface area contributed by atoms with Gasteiger partial charge in [0.2, 0.25) is 0 Å². The number of aryl methyl sites for hydroxylation is 1. The summed E-state index contributed by atoms with van der Waals surface area (Å²) < 4.78 is 6.94. The van der Waals surface area contributed by atoms with E-state index in [1.54, 1.807) is 13.4 Å². The van der Waals surface area contributed by atoms with Gasteiger partial charge in [-0.3, -0.25) is 9.69 Å². The molecule has 1 aliphatic heterocycles. The van der Waals surface area contributed by atoms with Crippen molar-refractivity contribution in [3.63, 3.8) is 0 Å². The Balaban J connectivity index is 2.06. The fourth-order valence-corrected chi connectivity index (χ4v) is 3.02. The third-order valence-corrected chi connectivity index (χ3v) is 4.25. The van der Waals surface area contributed by atoms with Crippen molar-refractivity contribution in [3.05, 3.63) is 12.2 Å². The van der Waals surface area contributed by atoms with Crippen LogP contribution < -0.4 is 0 Å². The van der Waals surface area contributed by atoms with Crippen molar-refractivity contribution in [2.24, 2.45) is 5.41 Å². The van der Waals surface area contributed by atoms with E-state index in [4.69, 9.17) is 4.74 Å². The molecule has 1 aromatic heterocycles. The van der Waals surface area contributed by atoms with Crippen LogP contribution in [0, 0.1) is 5.41 Å². The number of hydrogen-bond donors (Lipinski definition) is 1. The Hall–Kier alpha value is -1.47. The highest BCUT2D eigenvalue weighted by Gasteiger charge is 2.42. The van der Waals surface area contributed by atoms with Gasteiger partial charge < -0.3 is 9.84 Å². The fraction of sp³-hybridized carbons (Fsp3) is 0.786. The zero-order chi connectivity index (χ0) is 15.3. The summed E-state index contributed by atoms with van der Waals surface area (Å²) in [5.74, 6) is 0.173. The first kappa shape index (κ1) is 15.9. The summed E-state index contributed by atoms with van der Waals surface area (Å²) in [6.07, 6.45) is 3.70. The van der Waals surface area contributed by atoms with Crippen LogP contribution in [0.15, 0.2) is 6.33 Å². The molecule has 0 aromatic carbocycles. The Morgan fingerprint density at radius 1 is 1.57 bits per heavy atom. The molecule has 7 nitrogen and oxygen atoms in total. The van der Waals surface area contributed by atoms with Crippen LogP contribution in [0.3, 0.4) is 0 Å². The zero-order valence-corrected chi connectivity index (χ0v) is 12.8. The number of ether oxygens (including phenoxy) is 1. The molecule has 0 bridgehead atoms. The lowest BCUT2D eigenvalue weighted by Gasteiger charge is -2.39. The standard InChI is InChI=1S/C14H24N4O3/c1-3-18-12(15-11-16-18)9-17-7-4-5-14(10-17,13(19)20)6-8-21-2/h11H,3-10H2,1-2H3,(H,19,20)/t14-/m0/s1. The first-order valence-corrected chi connectivity index (χ1v) is 7.42. The number of piperidine rings is 1. The number of likely N-dealkylation sites (tertiary alicyclic amines) is 1. The molecule has 118 valence electrons. The molecule has 0 amide bonds. The predicted molar refractivity (Wildman–Crippen MR) is 76.8 cm³/mol. The Kier molecular flexibility index (Phi) is 5.30. The second kappa shape index (κ2) is 7.00. The smallest absolute Gasteiger partial charge is 0.311 e. The average molecular weight is 296 g/mol. The summed E-state index contributed by atoms with van der Waals surface area (Å²) in [7, 11) is 1.61. The van der Waals surface area contributed by atoms with E-state index in [0.717, 1.165) is 25.3 Å². The van der Waals surface area contributed by atoms with E-state index in [0.29, 0.717) is 32.5 Å². The van der Waals surface area contributed by atoms with Crippen molar-refractivity contribution in [1.29, 1.82) is 0 Å². The molecule has 1 aliphatic rings. The molecule has 0 unspecified atom stereocenters. The van der Waals surface area contributed by atoms with Gasteiger partial charge in [-0.1, -0.05) is 0 Å². The highest BCUT2D eigenvalue weighted by Crippen LogP contribution is 2.34. The molecule has 1 aromatic rings. The lowest BCUT2D eigenvalue weighted by atomic mass is 9.77. The van der Waals surface area contributed by atoms with Crippen LogP contribution in [-0.2, 0) is 22.6 Å². The summed E-state index contributed by atoms with van der Waals surface area (Å²) in [6.45, 7) is 5.37. The normalized spacial score (nSPS) is 23.3. The molecule has 1 fully saturated rings. The van der Waals surface area contributed by atoms with Gasteiger partial charge in [0, 0.05) is 26.8 Å². The van der Waals surface area contributed by atoms with Crippen LogP contribution in [0.1, 0.15) is 32.0 Å². The summed E-state index contributed by atoms with van der Waals surface area (Å²) in [5.41, 5.74) is -0.703. The van der Waals surface area contributed by atoms with Crippen molar-refractivity contribution < 1.29 is 14.6 Å². The van der Waals surface area contributed by atoms with E-state index in [9.17, 15) is 9.90 Å². The molecule has 7 heteroatoms. The van der Waals surface area contributed by atoms with Gasteiger partial charge in [-0.15, -0.1) is 0 Å². The first-order chi connectivity index (χ1) is 10.1. The quantitative estimate of drug-likeness (QED) is 0.808. The maximum absolute atomic E-state index is 11.7. The Morgan fingerprint density at radius 3 is 3.05 bits per heavy atom. The maximum Gasteiger partial charge on any atom is 0.311 e. The van der Waals surface area contributed by atoms with Crippen LogP contribution in [0.5, 0.6) is 0 Å². The highest BCUT2D eigenvalue weighted by molar-refractivity contribution is 5.75. The maximum atomic E-state index is 11.7. The van der Waals surface area contributed by atoms with Crippen LogP contribution >= 0.6 is 0 Å². The number of methoxy groups -OCH3 is 1. The lowest BCUT2D eigenvalue weighted by molar-refractivity contribution is -0.154. The number of hydrogen-bond acceptors (Lipinski definition) is 5. The minimum absolute atomic E-state index is 0.477. The molecule has 0 radical (unpaired) electrons. The molecule has 2 heterocycles. The minimum atomic E-state index is -0.721. The average Bonchev–Trinajstić information content (AvgIpc) is 2.92. The first-order valence-electron chi connectivity index (χ1n) is 7.42. The van der Waals surface area contributed by atoms with Gasteiger partial charge in [-0.05, 0) is 32.7 Å². The number of carboxylic acid groups (broad SMARTS) is 1. The third kappa shape index (κ3) is 3.59. The number of nitrogens with zero attached hydrogens (tertiary/aromatic N) is 4. The van der Waals surface area contributed by atoms with Crippen molar-refractivity contribution in [2.45, 2.75) is 39.3 Å². The summed E-state index contributed by atoms with van der Waals surface area (Å²) in [6, 6.07) is 0. The Labute approximate surface area is 124 Å². The van der Waals surface area contributed by atoms with Crippen molar-refractivity contribution in [2.75, 3.05) is 26.8 Å². The topological polar surface area (TPSA) is 80.5 Å². The largest absolute Gasteiger partial charge is 0.481 e. The highest BCUT2D eigenvalue weighted by atomic mass is 16.5. The van der Waals surface area contributed by atoms with E-state index in [-0.39, 0.29) is 0 Å². The van der Waals surface area contributed by atoms with Crippen molar-refractivity contribution in [1.82, 2.24) is 19.7 Å². The van der Waals surface area contributed by atoms with Crippen LogP contribution in [0.2, 0.25) is 0 Å². The summed E-state index contributed by atoms with van der Waals surface area (Å²) in [5, 5.41) is 13.8. The van der Waals surface area contributed by atoms with Gasteiger partial charge >= 0.3 is 5.97 Å². The molecule has 1 N–H and O–H groups in total. The molecule has 1 saturated heterocycles. The van der Waals surface area contributed by atoms with Gasteiger partial charge in [0.15, 0.2) is 0 Å². The van der Waals surface area contributed by atoms with E-state index >= 15 is 0 Å². The molecule has 0 saturated carbocycles. The van der Waals surface area contributed by atoms with Crippen molar-refractivity contribution >= 4 is 5.97 Å². The number of aliphatic carboxylic acids is 1. The SMILES string of the molecule is CCn1ncnc1CN1CCC[C@@](CCOC)(C(=O)O)C1. The molecule has 1 atom stereocenters. The lowest BCUT2D eigenvalue weighted by Crippen LogP contribution is -2.48. The van der Waals surface area contributed by atoms with Gasteiger partial charge in [-0.25, -0.2) is 9.67 Å². The Bertz CT molecular complexity index is 477.